The molecule has 0 radical (unpaired) electrons. The van der Waals surface area contributed by atoms with Crippen LogP contribution in [0.1, 0.15) is 11.1 Å². The van der Waals surface area contributed by atoms with Crippen molar-refractivity contribution in [2.75, 3.05) is 25.7 Å². The van der Waals surface area contributed by atoms with Crippen LogP contribution in [0.3, 0.4) is 0 Å². The van der Waals surface area contributed by atoms with E-state index in [0.717, 1.165) is 11.1 Å². The van der Waals surface area contributed by atoms with Crippen molar-refractivity contribution in [3.05, 3.63) is 47.5 Å². The third kappa shape index (κ3) is 3.03. The first kappa shape index (κ1) is 13.8. The number of hydrogen-bond acceptors (Lipinski definition) is 4. The molecule has 0 saturated carbocycles. The predicted octanol–water partition coefficient (Wildman–Crippen LogP) is 3.04. The SMILES string of the molecule is COc1ccc(C=Cc2ccc(N)cc2N)cc1OC. The van der Waals surface area contributed by atoms with Crippen molar-refractivity contribution in [3.8, 4) is 11.5 Å². The molecule has 0 bridgehead atoms. The normalized spacial score (nSPS) is 10.7. The van der Waals surface area contributed by atoms with Crippen molar-refractivity contribution in [2.45, 2.75) is 0 Å². The van der Waals surface area contributed by atoms with Crippen LogP contribution in [0.5, 0.6) is 11.5 Å². The fraction of sp³-hybridized carbons (Fsp3) is 0.125. The molecule has 4 nitrogen and oxygen atoms in total. The van der Waals surface area contributed by atoms with Crippen LogP contribution in [0.15, 0.2) is 36.4 Å². The number of anilines is 2. The molecule has 20 heavy (non-hydrogen) atoms. The number of methoxy groups -OCH3 is 2. The van der Waals surface area contributed by atoms with Crippen molar-refractivity contribution in [1.82, 2.24) is 0 Å². The molecule has 0 aromatic heterocycles. The Morgan fingerprint density at radius 1 is 0.850 bits per heavy atom. The van der Waals surface area contributed by atoms with E-state index in [1.54, 1.807) is 20.3 Å². The van der Waals surface area contributed by atoms with E-state index in [4.69, 9.17) is 20.9 Å². The summed E-state index contributed by atoms with van der Waals surface area (Å²) >= 11 is 0. The van der Waals surface area contributed by atoms with E-state index < -0.39 is 0 Å². The molecule has 0 amide bonds. The molecule has 0 aliphatic heterocycles. The van der Waals surface area contributed by atoms with E-state index in [9.17, 15) is 0 Å². The highest BCUT2D eigenvalue weighted by molar-refractivity contribution is 5.77. The van der Waals surface area contributed by atoms with E-state index >= 15 is 0 Å². The van der Waals surface area contributed by atoms with Gasteiger partial charge >= 0.3 is 0 Å². The van der Waals surface area contributed by atoms with Crippen LogP contribution in [-0.2, 0) is 0 Å². The van der Waals surface area contributed by atoms with Gasteiger partial charge in [-0.25, -0.2) is 0 Å². The highest BCUT2D eigenvalue weighted by atomic mass is 16.5. The lowest BCUT2D eigenvalue weighted by molar-refractivity contribution is 0.355. The standard InChI is InChI=1S/C16H18N2O2/c1-19-15-8-4-11(9-16(15)20-2)3-5-12-6-7-13(17)10-14(12)18/h3-10H,17-18H2,1-2H3. The molecule has 2 aromatic rings. The zero-order valence-corrected chi connectivity index (χ0v) is 11.6. The summed E-state index contributed by atoms with van der Waals surface area (Å²) in [4.78, 5) is 0. The molecule has 0 unspecified atom stereocenters. The fourth-order valence-corrected chi connectivity index (χ4v) is 1.89. The topological polar surface area (TPSA) is 70.5 Å². The first-order valence-corrected chi connectivity index (χ1v) is 6.19. The molecule has 4 N–H and O–H groups in total. The van der Waals surface area contributed by atoms with Gasteiger partial charge in [0.05, 0.1) is 14.2 Å². The van der Waals surface area contributed by atoms with Crippen LogP contribution in [0.25, 0.3) is 12.2 Å². The van der Waals surface area contributed by atoms with Crippen LogP contribution in [0.2, 0.25) is 0 Å². The highest BCUT2D eigenvalue weighted by Gasteiger charge is 2.03. The Kier molecular flexibility index (Phi) is 4.15. The summed E-state index contributed by atoms with van der Waals surface area (Å²) in [5.74, 6) is 1.40. The van der Waals surface area contributed by atoms with Gasteiger partial charge < -0.3 is 20.9 Å². The van der Waals surface area contributed by atoms with Crippen LogP contribution < -0.4 is 20.9 Å². The Bertz CT molecular complexity index is 636. The van der Waals surface area contributed by atoms with Crippen molar-refractivity contribution in [2.24, 2.45) is 0 Å². The quantitative estimate of drug-likeness (QED) is 0.661. The largest absolute Gasteiger partial charge is 0.493 e. The number of nitrogens with two attached hydrogens (primary N) is 2. The van der Waals surface area contributed by atoms with Crippen molar-refractivity contribution < 1.29 is 9.47 Å². The highest BCUT2D eigenvalue weighted by Crippen LogP contribution is 2.28. The lowest BCUT2D eigenvalue weighted by Crippen LogP contribution is -1.92. The van der Waals surface area contributed by atoms with E-state index in [1.165, 1.54) is 0 Å². The Balaban J connectivity index is 2.27. The van der Waals surface area contributed by atoms with Crippen LogP contribution in [-0.4, -0.2) is 14.2 Å². The van der Waals surface area contributed by atoms with Gasteiger partial charge in [-0.3, -0.25) is 0 Å². The fourth-order valence-electron chi connectivity index (χ4n) is 1.89. The van der Waals surface area contributed by atoms with Gasteiger partial charge in [0.25, 0.3) is 0 Å². The lowest BCUT2D eigenvalue weighted by Gasteiger charge is -2.07. The maximum absolute atomic E-state index is 5.91. The molecule has 4 heteroatoms. The summed E-state index contributed by atoms with van der Waals surface area (Å²) in [6.45, 7) is 0. The molecule has 0 fully saturated rings. The molecule has 0 heterocycles. The Morgan fingerprint density at radius 2 is 1.60 bits per heavy atom. The van der Waals surface area contributed by atoms with Crippen molar-refractivity contribution >= 4 is 23.5 Å². The average molecular weight is 270 g/mol. The number of benzene rings is 2. The molecule has 0 saturated heterocycles. The van der Waals surface area contributed by atoms with E-state index in [-0.39, 0.29) is 0 Å². The second-order valence-electron chi connectivity index (χ2n) is 4.34. The lowest BCUT2D eigenvalue weighted by atomic mass is 10.1. The Labute approximate surface area is 118 Å². The minimum atomic E-state index is 0.654. The number of ether oxygens (including phenoxy) is 2. The monoisotopic (exact) mass is 270 g/mol. The molecule has 0 aliphatic carbocycles. The molecular weight excluding hydrogens is 252 g/mol. The van der Waals surface area contributed by atoms with Crippen LogP contribution in [0.4, 0.5) is 11.4 Å². The zero-order valence-electron chi connectivity index (χ0n) is 11.6. The van der Waals surface area contributed by atoms with E-state index in [1.807, 2.05) is 42.5 Å². The second-order valence-corrected chi connectivity index (χ2v) is 4.34. The van der Waals surface area contributed by atoms with Crippen LogP contribution in [0, 0.1) is 0 Å². The zero-order chi connectivity index (χ0) is 14.5. The third-order valence-electron chi connectivity index (χ3n) is 2.97. The van der Waals surface area contributed by atoms with Crippen molar-refractivity contribution in [1.29, 1.82) is 0 Å². The van der Waals surface area contributed by atoms with Gasteiger partial charge in [-0.1, -0.05) is 24.3 Å². The third-order valence-corrected chi connectivity index (χ3v) is 2.97. The second kappa shape index (κ2) is 6.02. The number of hydrogen-bond donors (Lipinski definition) is 2. The Morgan fingerprint density at radius 3 is 2.25 bits per heavy atom. The number of rotatable bonds is 4. The van der Waals surface area contributed by atoms with Gasteiger partial charge in [0.15, 0.2) is 11.5 Å². The summed E-state index contributed by atoms with van der Waals surface area (Å²) in [7, 11) is 3.23. The molecule has 0 aliphatic rings. The predicted molar refractivity (Wildman–Crippen MR) is 83.7 cm³/mol. The summed E-state index contributed by atoms with van der Waals surface area (Å²) in [5, 5.41) is 0. The van der Waals surface area contributed by atoms with E-state index in [2.05, 4.69) is 0 Å². The van der Waals surface area contributed by atoms with Gasteiger partial charge in [0.1, 0.15) is 0 Å². The average Bonchev–Trinajstić information content (AvgIpc) is 2.46. The van der Waals surface area contributed by atoms with Gasteiger partial charge in [-0.2, -0.15) is 0 Å². The first-order valence-electron chi connectivity index (χ1n) is 6.19. The maximum Gasteiger partial charge on any atom is 0.161 e. The summed E-state index contributed by atoms with van der Waals surface area (Å²) in [6.07, 6.45) is 3.90. The molecular formula is C16H18N2O2. The summed E-state index contributed by atoms with van der Waals surface area (Å²) in [5.41, 5.74) is 14.8. The minimum absolute atomic E-state index is 0.654. The summed E-state index contributed by atoms with van der Waals surface area (Å²) in [6, 6.07) is 11.2. The molecule has 0 spiro atoms. The van der Waals surface area contributed by atoms with Gasteiger partial charge in [-0.05, 0) is 35.4 Å². The van der Waals surface area contributed by atoms with Crippen molar-refractivity contribution in [3.63, 3.8) is 0 Å². The van der Waals surface area contributed by atoms with E-state index in [0.29, 0.717) is 22.9 Å². The molecule has 104 valence electrons. The first-order chi connectivity index (χ1) is 9.63. The molecule has 0 atom stereocenters. The van der Waals surface area contributed by atoms with Gasteiger partial charge in [-0.15, -0.1) is 0 Å². The molecule has 2 aromatic carbocycles. The summed E-state index contributed by atoms with van der Waals surface area (Å²) < 4.78 is 10.5. The minimum Gasteiger partial charge on any atom is -0.493 e. The van der Waals surface area contributed by atoms with Gasteiger partial charge in [0, 0.05) is 11.4 Å². The van der Waals surface area contributed by atoms with Crippen LogP contribution >= 0.6 is 0 Å². The maximum atomic E-state index is 5.91. The Hall–Kier alpha value is -2.62. The van der Waals surface area contributed by atoms with Gasteiger partial charge in [0.2, 0.25) is 0 Å². The number of nitrogen functional groups attached to an aromatic ring is 2. The smallest absolute Gasteiger partial charge is 0.161 e. The molecule has 2 rings (SSSR count).